The lowest BCUT2D eigenvalue weighted by Crippen LogP contribution is -2.51. The van der Waals surface area contributed by atoms with Gasteiger partial charge in [0.1, 0.15) is 5.75 Å². The van der Waals surface area contributed by atoms with E-state index in [9.17, 15) is 0 Å². The summed E-state index contributed by atoms with van der Waals surface area (Å²) in [6, 6.07) is 8.61. The van der Waals surface area contributed by atoms with Gasteiger partial charge in [0.25, 0.3) is 0 Å². The number of para-hydroxylation sites is 1. The predicted molar refractivity (Wildman–Crippen MR) is 114 cm³/mol. The van der Waals surface area contributed by atoms with E-state index in [1.807, 2.05) is 19.2 Å². The number of nitrogens with one attached hydrogen (secondary N) is 2. The predicted octanol–water partition coefficient (Wildman–Crippen LogP) is 2.34. The summed E-state index contributed by atoms with van der Waals surface area (Å²) < 4.78 is 5.63. The number of likely N-dealkylation sites (tertiary alicyclic amines) is 1. The molecule has 2 N–H and O–H groups in total. The molecular weight excluding hydrogens is 338 g/mol. The Balaban J connectivity index is 2.07. The molecule has 1 unspecified atom stereocenters. The van der Waals surface area contributed by atoms with Gasteiger partial charge in [0.2, 0.25) is 0 Å². The number of benzene rings is 1. The Hall–Kier alpha value is -1.79. The molecule has 1 aromatic carbocycles. The van der Waals surface area contributed by atoms with Gasteiger partial charge in [-0.05, 0) is 59.9 Å². The first kappa shape index (κ1) is 21.5. The fraction of sp³-hybridized carbons (Fsp3) is 0.667. The molecule has 1 aliphatic rings. The third-order valence-corrected chi connectivity index (χ3v) is 5.66. The molecular formula is C21H37N5O. The van der Waals surface area contributed by atoms with Gasteiger partial charge in [-0.25, -0.2) is 0 Å². The van der Waals surface area contributed by atoms with E-state index in [1.54, 1.807) is 7.11 Å². The lowest BCUT2D eigenvalue weighted by Gasteiger charge is -2.34. The van der Waals surface area contributed by atoms with Gasteiger partial charge in [0.05, 0.1) is 13.2 Å². The van der Waals surface area contributed by atoms with Gasteiger partial charge in [0.15, 0.2) is 5.96 Å². The molecule has 0 spiro atoms. The number of hydrogen-bond acceptors (Lipinski definition) is 4. The first-order chi connectivity index (χ1) is 12.9. The van der Waals surface area contributed by atoms with Crippen LogP contribution in [0.1, 0.15) is 38.3 Å². The fourth-order valence-corrected chi connectivity index (χ4v) is 3.30. The summed E-state index contributed by atoms with van der Waals surface area (Å²) in [7, 11) is 7.77. The molecule has 1 fully saturated rings. The highest BCUT2D eigenvalue weighted by Gasteiger charge is 2.26. The largest absolute Gasteiger partial charge is 0.496 e. The van der Waals surface area contributed by atoms with E-state index in [0.29, 0.717) is 0 Å². The summed E-state index contributed by atoms with van der Waals surface area (Å²) in [6.45, 7) is 8.31. The Morgan fingerprint density at radius 3 is 2.48 bits per heavy atom. The third kappa shape index (κ3) is 5.84. The minimum atomic E-state index is 0.0502. The second-order valence-electron chi connectivity index (χ2n) is 8.01. The molecule has 1 heterocycles. The molecule has 0 saturated carbocycles. The van der Waals surface area contributed by atoms with E-state index in [2.05, 4.69) is 65.5 Å². The second kappa shape index (κ2) is 9.95. The van der Waals surface area contributed by atoms with Crippen LogP contribution < -0.4 is 15.4 Å². The number of guanidine groups is 1. The number of nitrogens with zero attached hydrogens (tertiary/aromatic N) is 3. The highest BCUT2D eigenvalue weighted by molar-refractivity contribution is 5.79. The molecule has 6 nitrogen and oxygen atoms in total. The molecule has 6 heteroatoms. The van der Waals surface area contributed by atoms with Crippen LogP contribution in [0.2, 0.25) is 0 Å². The Labute approximate surface area is 165 Å². The van der Waals surface area contributed by atoms with Gasteiger partial charge >= 0.3 is 0 Å². The van der Waals surface area contributed by atoms with Crippen LogP contribution in [0.25, 0.3) is 0 Å². The Morgan fingerprint density at radius 2 is 1.89 bits per heavy atom. The molecule has 0 amide bonds. The van der Waals surface area contributed by atoms with Crippen molar-refractivity contribution in [3.63, 3.8) is 0 Å². The van der Waals surface area contributed by atoms with Gasteiger partial charge in [-0.15, -0.1) is 0 Å². The summed E-state index contributed by atoms with van der Waals surface area (Å²) in [4.78, 5) is 9.17. The van der Waals surface area contributed by atoms with Crippen LogP contribution in [0.5, 0.6) is 5.75 Å². The molecule has 0 aliphatic carbocycles. The lowest BCUT2D eigenvalue weighted by atomic mass is 10.0. The number of rotatable bonds is 8. The Bertz CT molecular complexity index is 608. The monoisotopic (exact) mass is 375 g/mol. The Kier molecular flexibility index (Phi) is 7.92. The minimum Gasteiger partial charge on any atom is -0.496 e. The average Bonchev–Trinajstić information content (AvgIpc) is 3.19. The first-order valence-electron chi connectivity index (χ1n) is 9.88. The van der Waals surface area contributed by atoms with Crippen LogP contribution >= 0.6 is 0 Å². The molecule has 2 rings (SSSR count). The maximum absolute atomic E-state index is 5.63. The summed E-state index contributed by atoms with van der Waals surface area (Å²) in [5.41, 5.74) is 1.28. The van der Waals surface area contributed by atoms with E-state index < -0.39 is 0 Å². The number of methoxy groups -OCH3 is 1. The maximum Gasteiger partial charge on any atom is 0.191 e. The number of hydrogen-bond donors (Lipinski definition) is 2. The number of likely N-dealkylation sites (N-methyl/N-ethyl adjacent to an activating group) is 1. The third-order valence-electron chi connectivity index (χ3n) is 5.66. The molecule has 27 heavy (non-hydrogen) atoms. The standard InChI is InChI=1S/C21H37N5O/c1-21(2,25(4)5)16-24-20(22-3)23-15-18(26-13-9-10-14-26)17-11-7-8-12-19(17)27-6/h7-8,11-12,18H,9-10,13-16H2,1-6H3,(H2,22,23,24). The molecule has 152 valence electrons. The average molecular weight is 376 g/mol. The number of ether oxygens (including phenoxy) is 1. The quantitative estimate of drug-likeness (QED) is 0.540. The fourth-order valence-electron chi connectivity index (χ4n) is 3.30. The maximum atomic E-state index is 5.63. The second-order valence-corrected chi connectivity index (χ2v) is 8.01. The summed E-state index contributed by atoms with van der Waals surface area (Å²) in [6.07, 6.45) is 2.52. The van der Waals surface area contributed by atoms with Gasteiger partial charge in [-0.3, -0.25) is 9.89 Å². The first-order valence-corrected chi connectivity index (χ1v) is 9.88. The smallest absolute Gasteiger partial charge is 0.191 e. The SMILES string of the molecule is CN=C(NCC(c1ccccc1OC)N1CCCC1)NCC(C)(C)N(C)C. The molecule has 1 aromatic rings. The van der Waals surface area contributed by atoms with Crippen molar-refractivity contribution in [1.29, 1.82) is 0 Å². The molecule has 1 aliphatic heterocycles. The molecule has 0 radical (unpaired) electrons. The van der Waals surface area contributed by atoms with Gasteiger partial charge in [-0.2, -0.15) is 0 Å². The lowest BCUT2D eigenvalue weighted by molar-refractivity contribution is 0.197. The normalized spacial score (nSPS) is 17.2. The highest BCUT2D eigenvalue weighted by Crippen LogP contribution is 2.31. The topological polar surface area (TPSA) is 52.1 Å². The highest BCUT2D eigenvalue weighted by atomic mass is 16.5. The van der Waals surface area contributed by atoms with Crippen molar-refractivity contribution in [3.05, 3.63) is 29.8 Å². The van der Waals surface area contributed by atoms with Crippen molar-refractivity contribution in [2.45, 2.75) is 38.3 Å². The summed E-state index contributed by atoms with van der Waals surface area (Å²) in [5, 5.41) is 7.00. The van der Waals surface area contributed by atoms with E-state index in [4.69, 9.17) is 4.74 Å². The van der Waals surface area contributed by atoms with E-state index >= 15 is 0 Å². The van der Waals surface area contributed by atoms with Crippen molar-refractivity contribution in [2.75, 3.05) is 54.4 Å². The van der Waals surface area contributed by atoms with Crippen molar-refractivity contribution < 1.29 is 4.74 Å². The Morgan fingerprint density at radius 1 is 1.22 bits per heavy atom. The van der Waals surface area contributed by atoms with E-state index in [-0.39, 0.29) is 11.6 Å². The molecule has 0 aromatic heterocycles. The van der Waals surface area contributed by atoms with Crippen molar-refractivity contribution in [1.82, 2.24) is 20.4 Å². The summed E-state index contributed by atoms with van der Waals surface area (Å²) >= 11 is 0. The van der Waals surface area contributed by atoms with Gasteiger partial charge in [0, 0.05) is 31.2 Å². The van der Waals surface area contributed by atoms with Crippen LogP contribution in [-0.4, -0.2) is 75.7 Å². The molecule has 1 atom stereocenters. The zero-order valence-electron chi connectivity index (χ0n) is 17.9. The van der Waals surface area contributed by atoms with E-state index in [1.165, 1.54) is 18.4 Å². The van der Waals surface area contributed by atoms with Crippen LogP contribution in [0.3, 0.4) is 0 Å². The van der Waals surface area contributed by atoms with Crippen molar-refractivity contribution in [3.8, 4) is 5.75 Å². The summed E-state index contributed by atoms with van der Waals surface area (Å²) in [5.74, 6) is 1.79. The molecule has 0 bridgehead atoms. The zero-order valence-corrected chi connectivity index (χ0v) is 17.9. The van der Waals surface area contributed by atoms with Crippen LogP contribution in [0.15, 0.2) is 29.3 Å². The van der Waals surface area contributed by atoms with Crippen LogP contribution in [0.4, 0.5) is 0 Å². The van der Waals surface area contributed by atoms with Crippen molar-refractivity contribution >= 4 is 5.96 Å². The zero-order chi connectivity index (χ0) is 19.9. The van der Waals surface area contributed by atoms with Crippen LogP contribution in [-0.2, 0) is 0 Å². The minimum absolute atomic E-state index is 0.0502. The molecule has 1 saturated heterocycles. The van der Waals surface area contributed by atoms with Crippen molar-refractivity contribution in [2.24, 2.45) is 4.99 Å². The van der Waals surface area contributed by atoms with Gasteiger partial charge in [-0.1, -0.05) is 18.2 Å². The van der Waals surface area contributed by atoms with E-state index in [0.717, 1.165) is 37.9 Å². The van der Waals surface area contributed by atoms with Gasteiger partial charge < -0.3 is 20.3 Å². The number of aliphatic imine (C=N–C) groups is 1. The van der Waals surface area contributed by atoms with Crippen LogP contribution in [0, 0.1) is 0 Å².